The Hall–Kier alpha value is -2.58. The van der Waals surface area contributed by atoms with Gasteiger partial charge in [0.15, 0.2) is 11.5 Å². The van der Waals surface area contributed by atoms with Crippen LogP contribution in [-0.2, 0) is 14.8 Å². The predicted octanol–water partition coefficient (Wildman–Crippen LogP) is 2.46. The minimum atomic E-state index is -3.84. The molecule has 2 aromatic carbocycles. The number of hydrogen-bond acceptors (Lipinski definition) is 5. The maximum atomic E-state index is 12.4. The molecule has 2 N–H and O–H groups in total. The monoisotopic (exact) mass is 376 g/mol. The fourth-order valence-corrected chi connectivity index (χ4v) is 3.59. The molecule has 0 fully saturated rings. The second-order valence-electron chi connectivity index (χ2n) is 6.13. The molecule has 0 spiro atoms. The van der Waals surface area contributed by atoms with Gasteiger partial charge >= 0.3 is 0 Å². The first-order chi connectivity index (χ1) is 12.4. The largest absolute Gasteiger partial charge is 0.454 e. The molecule has 1 amide bonds. The number of amides is 1. The molecule has 2 aromatic rings. The van der Waals surface area contributed by atoms with Crippen molar-refractivity contribution < 1.29 is 22.7 Å². The van der Waals surface area contributed by atoms with Gasteiger partial charge in [-0.25, -0.2) is 13.1 Å². The molecule has 138 valence electrons. The maximum absolute atomic E-state index is 12.4. The Morgan fingerprint density at radius 2 is 1.85 bits per heavy atom. The highest BCUT2D eigenvalue weighted by Crippen LogP contribution is 2.33. The van der Waals surface area contributed by atoms with E-state index in [1.165, 1.54) is 18.2 Å². The van der Waals surface area contributed by atoms with Gasteiger partial charge in [-0.05, 0) is 29.7 Å². The van der Waals surface area contributed by atoms with Crippen LogP contribution in [0.5, 0.6) is 11.5 Å². The molecule has 26 heavy (non-hydrogen) atoms. The molecule has 0 aromatic heterocycles. The summed E-state index contributed by atoms with van der Waals surface area (Å²) < 4.78 is 37.4. The first-order valence-corrected chi connectivity index (χ1v) is 9.63. The highest BCUT2D eigenvalue weighted by Gasteiger charge is 2.21. The van der Waals surface area contributed by atoms with Crippen molar-refractivity contribution in [3.63, 3.8) is 0 Å². The number of rotatable bonds is 6. The Balaban J connectivity index is 1.66. The molecule has 0 unspecified atom stereocenters. The van der Waals surface area contributed by atoms with E-state index in [-0.39, 0.29) is 24.2 Å². The van der Waals surface area contributed by atoms with Gasteiger partial charge in [0.25, 0.3) is 0 Å². The zero-order chi connectivity index (χ0) is 18.7. The number of fused-ring (bicyclic) bond motifs is 1. The first kappa shape index (κ1) is 18.2. The van der Waals surface area contributed by atoms with Crippen molar-refractivity contribution in [1.29, 1.82) is 0 Å². The van der Waals surface area contributed by atoms with Crippen LogP contribution in [0.25, 0.3) is 0 Å². The number of ether oxygens (including phenoxy) is 2. The third-order valence-electron chi connectivity index (χ3n) is 3.93. The number of para-hydroxylation sites is 1. The van der Waals surface area contributed by atoms with Crippen LogP contribution in [0.4, 0.5) is 5.69 Å². The summed E-state index contributed by atoms with van der Waals surface area (Å²) in [5.74, 6) is 0.648. The SMILES string of the molecule is CC(C)c1ccccc1NC(=O)CNS(=O)(=O)c1ccc2c(c1)OCO2. The van der Waals surface area contributed by atoms with Crippen molar-refractivity contribution in [2.24, 2.45) is 0 Å². The van der Waals surface area contributed by atoms with E-state index in [0.717, 1.165) is 5.56 Å². The number of sulfonamides is 1. The zero-order valence-corrected chi connectivity index (χ0v) is 15.3. The first-order valence-electron chi connectivity index (χ1n) is 8.15. The van der Waals surface area contributed by atoms with E-state index in [1.807, 2.05) is 32.0 Å². The van der Waals surface area contributed by atoms with Gasteiger partial charge in [0, 0.05) is 11.8 Å². The van der Waals surface area contributed by atoms with Crippen LogP contribution in [0.1, 0.15) is 25.3 Å². The van der Waals surface area contributed by atoms with E-state index in [1.54, 1.807) is 6.07 Å². The van der Waals surface area contributed by atoms with E-state index in [9.17, 15) is 13.2 Å². The lowest BCUT2D eigenvalue weighted by molar-refractivity contribution is -0.115. The van der Waals surface area contributed by atoms with Crippen molar-refractivity contribution >= 4 is 21.6 Å². The number of nitrogens with one attached hydrogen (secondary N) is 2. The number of carbonyl (C=O) groups is 1. The fraction of sp³-hybridized carbons (Fsp3) is 0.278. The average molecular weight is 376 g/mol. The molecule has 0 atom stereocenters. The topological polar surface area (TPSA) is 93.7 Å². The van der Waals surface area contributed by atoms with Crippen molar-refractivity contribution in [3.05, 3.63) is 48.0 Å². The van der Waals surface area contributed by atoms with Crippen LogP contribution in [0.2, 0.25) is 0 Å². The normalized spacial score (nSPS) is 13.0. The summed E-state index contributed by atoms with van der Waals surface area (Å²) in [4.78, 5) is 12.2. The lowest BCUT2D eigenvalue weighted by atomic mass is 10.0. The second kappa shape index (κ2) is 7.35. The van der Waals surface area contributed by atoms with Gasteiger partial charge in [-0.15, -0.1) is 0 Å². The fourth-order valence-electron chi connectivity index (χ4n) is 2.60. The van der Waals surface area contributed by atoms with Crippen LogP contribution < -0.4 is 19.5 Å². The predicted molar refractivity (Wildman–Crippen MR) is 96.9 cm³/mol. The van der Waals surface area contributed by atoms with Crippen molar-refractivity contribution in [3.8, 4) is 11.5 Å². The average Bonchev–Trinajstić information content (AvgIpc) is 3.08. The van der Waals surface area contributed by atoms with Gasteiger partial charge in [-0.3, -0.25) is 4.79 Å². The highest BCUT2D eigenvalue weighted by molar-refractivity contribution is 7.89. The number of carbonyl (C=O) groups excluding carboxylic acids is 1. The van der Waals surface area contributed by atoms with Gasteiger partial charge in [0.1, 0.15) is 0 Å². The molecule has 3 rings (SSSR count). The van der Waals surface area contributed by atoms with Crippen molar-refractivity contribution in [2.75, 3.05) is 18.7 Å². The maximum Gasteiger partial charge on any atom is 0.241 e. The summed E-state index contributed by atoms with van der Waals surface area (Å²) in [6, 6.07) is 11.7. The van der Waals surface area contributed by atoms with Crippen LogP contribution in [0.3, 0.4) is 0 Å². The summed E-state index contributed by atoms with van der Waals surface area (Å²) in [7, 11) is -3.84. The van der Waals surface area contributed by atoms with E-state index >= 15 is 0 Å². The van der Waals surface area contributed by atoms with Crippen LogP contribution in [-0.4, -0.2) is 27.7 Å². The number of anilines is 1. The zero-order valence-electron chi connectivity index (χ0n) is 14.5. The molecule has 1 aliphatic heterocycles. The van der Waals surface area contributed by atoms with Crippen LogP contribution in [0, 0.1) is 0 Å². The van der Waals surface area contributed by atoms with Gasteiger partial charge in [0.05, 0.1) is 11.4 Å². The standard InChI is InChI=1S/C18H20N2O5S/c1-12(2)14-5-3-4-6-15(14)20-18(21)10-19-26(22,23)13-7-8-16-17(9-13)25-11-24-16/h3-9,12,19H,10-11H2,1-2H3,(H,20,21). The number of hydrogen-bond donors (Lipinski definition) is 2. The molecule has 1 heterocycles. The van der Waals surface area contributed by atoms with Gasteiger partial charge in [-0.2, -0.15) is 0 Å². The van der Waals surface area contributed by atoms with Crippen molar-refractivity contribution in [2.45, 2.75) is 24.7 Å². The number of benzene rings is 2. The molecule has 1 aliphatic rings. The molecular formula is C18H20N2O5S. The van der Waals surface area contributed by atoms with E-state index in [0.29, 0.717) is 17.2 Å². The molecule has 0 radical (unpaired) electrons. The summed E-state index contributed by atoms with van der Waals surface area (Å²) in [6.07, 6.45) is 0. The Labute approximate surface area is 152 Å². The van der Waals surface area contributed by atoms with Gasteiger partial charge in [0.2, 0.25) is 22.7 Å². The van der Waals surface area contributed by atoms with Crippen molar-refractivity contribution in [1.82, 2.24) is 4.72 Å². The van der Waals surface area contributed by atoms with Gasteiger partial charge in [-0.1, -0.05) is 32.0 Å². The van der Waals surface area contributed by atoms with Gasteiger partial charge < -0.3 is 14.8 Å². The third kappa shape index (κ3) is 3.97. The molecule has 8 heteroatoms. The summed E-state index contributed by atoms with van der Waals surface area (Å²) >= 11 is 0. The summed E-state index contributed by atoms with van der Waals surface area (Å²) in [5.41, 5.74) is 1.66. The smallest absolute Gasteiger partial charge is 0.241 e. The summed E-state index contributed by atoms with van der Waals surface area (Å²) in [6.45, 7) is 3.73. The lowest BCUT2D eigenvalue weighted by Gasteiger charge is -2.14. The highest BCUT2D eigenvalue weighted by atomic mass is 32.2. The van der Waals surface area contributed by atoms with Crippen LogP contribution >= 0.6 is 0 Å². The second-order valence-corrected chi connectivity index (χ2v) is 7.90. The van der Waals surface area contributed by atoms with E-state index in [4.69, 9.17) is 9.47 Å². The van der Waals surface area contributed by atoms with E-state index < -0.39 is 15.9 Å². The lowest BCUT2D eigenvalue weighted by Crippen LogP contribution is -2.33. The minimum absolute atomic E-state index is 0.0112. The minimum Gasteiger partial charge on any atom is -0.454 e. The third-order valence-corrected chi connectivity index (χ3v) is 5.33. The quantitative estimate of drug-likeness (QED) is 0.808. The van der Waals surface area contributed by atoms with Crippen LogP contribution in [0.15, 0.2) is 47.4 Å². The molecule has 0 saturated carbocycles. The molecule has 0 bridgehead atoms. The molecular weight excluding hydrogens is 356 g/mol. The Morgan fingerprint density at radius 1 is 1.12 bits per heavy atom. The van der Waals surface area contributed by atoms with E-state index in [2.05, 4.69) is 10.0 Å². The Morgan fingerprint density at radius 3 is 2.62 bits per heavy atom. The molecule has 7 nitrogen and oxygen atoms in total. The Kier molecular flexibility index (Phi) is 5.15. The molecule has 0 saturated heterocycles. The molecule has 0 aliphatic carbocycles. The summed E-state index contributed by atoms with van der Waals surface area (Å²) in [5, 5.41) is 2.75. The Bertz CT molecular complexity index is 925.